The van der Waals surface area contributed by atoms with Gasteiger partial charge >= 0.3 is 0 Å². The van der Waals surface area contributed by atoms with Crippen molar-refractivity contribution >= 4 is 46.2 Å². The fraction of sp³-hybridized carbons (Fsp3) is 0.378. The molecule has 9 heteroatoms. The number of nitrogen functional groups attached to an aromatic ring is 1. The molecule has 0 radical (unpaired) electrons. The maximum Gasteiger partial charge on any atom is 0.237 e. The predicted octanol–water partition coefficient (Wildman–Crippen LogP) is 5.09. The van der Waals surface area contributed by atoms with Crippen molar-refractivity contribution in [2.75, 3.05) is 35.6 Å². The minimum atomic E-state index is -0.679. The molecule has 2 atom stereocenters. The Morgan fingerprint density at radius 1 is 1.04 bits per heavy atom. The first-order valence-corrected chi connectivity index (χ1v) is 16.4. The molecule has 236 valence electrons. The van der Waals surface area contributed by atoms with Crippen LogP contribution in [0.3, 0.4) is 0 Å². The second kappa shape index (κ2) is 11.5. The third kappa shape index (κ3) is 4.71. The molecule has 1 spiro atoms. The molecule has 3 aliphatic heterocycles. The average Bonchev–Trinajstić information content (AvgIpc) is 3.84. The SMILES string of the molecule is CC.Nc1cccc2c1C(CC=O)(CC(=O)N1CCCC1)CN2Cc1ccc2cc3c(cc2n1)CC1(C3)C(=O)Nc2ncccc21. The maximum atomic E-state index is 13.4. The summed E-state index contributed by atoms with van der Waals surface area (Å²) in [7, 11) is 0. The van der Waals surface area contributed by atoms with Crippen LogP contribution in [-0.2, 0) is 44.6 Å². The summed E-state index contributed by atoms with van der Waals surface area (Å²) in [5, 5.41) is 4.02. The van der Waals surface area contributed by atoms with E-state index >= 15 is 0 Å². The molecule has 0 saturated carbocycles. The number of nitrogens with one attached hydrogen (secondary N) is 1. The van der Waals surface area contributed by atoms with E-state index in [0.29, 0.717) is 37.4 Å². The van der Waals surface area contributed by atoms with Crippen LogP contribution in [0.2, 0.25) is 0 Å². The van der Waals surface area contributed by atoms with Gasteiger partial charge in [-0.15, -0.1) is 0 Å². The topological polar surface area (TPSA) is 122 Å². The van der Waals surface area contributed by atoms with E-state index in [1.807, 2.05) is 55.1 Å². The van der Waals surface area contributed by atoms with Gasteiger partial charge in [0.05, 0.1) is 23.2 Å². The van der Waals surface area contributed by atoms with Gasteiger partial charge < -0.3 is 25.6 Å². The molecule has 1 saturated heterocycles. The van der Waals surface area contributed by atoms with Crippen LogP contribution in [0, 0.1) is 0 Å². The monoisotopic (exact) mass is 616 g/mol. The highest BCUT2D eigenvalue weighted by Crippen LogP contribution is 2.49. The fourth-order valence-electron chi connectivity index (χ4n) is 8.20. The maximum absolute atomic E-state index is 13.4. The minimum absolute atomic E-state index is 0.00842. The van der Waals surface area contributed by atoms with E-state index in [-0.39, 0.29) is 24.7 Å². The van der Waals surface area contributed by atoms with Crippen molar-refractivity contribution in [3.05, 3.63) is 88.7 Å². The van der Waals surface area contributed by atoms with Crippen LogP contribution in [0.4, 0.5) is 17.2 Å². The van der Waals surface area contributed by atoms with Crippen molar-refractivity contribution < 1.29 is 14.4 Å². The second-order valence-corrected chi connectivity index (χ2v) is 12.9. The Hall–Kier alpha value is -4.79. The average molecular weight is 617 g/mol. The van der Waals surface area contributed by atoms with Crippen molar-refractivity contribution in [2.24, 2.45) is 0 Å². The quantitative estimate of drug-likeness (QED) is 0.229. The standard InChI is InChI=1S/C35H34N6O3.C2H6/c36-27-6-3-7-29-31(27)34(10-14-42,19-30(43)40-12-1-2-13-40)21-41(29)20-25-9-8-22-15-23-17-35(18-24(23)16-28(22)38-25)26-5-4-11-37-32(26)39-33(35)44;1-2/h3-9,11,14-16H,1-2,10,12-13,17-21,36H2,(H,37,39,44);1-2H3. The number of fused-ring (bicyclic) bond motifs is 5. The summed E-state index contributed by atoms with van der Waals surface area (Å²) in [5.41, 5.74) is 12.8. The number of nitrogens with zero attached hydrogens (tertiary/aromatic N) is 4. The Balaban J connectivity index is 0.00000166. The largest absolute Gasteiger partial charge is 0.398 e. The molecule has 4 aromatic rings. The number of aldehydes is 1. The van der Waals surface area contributed by atoms with E-state index in [4.69, 9.17) is 10.7 Å². The lowest BCUT2D eigenvalue weighted by Crippen LogP contribution is -2.40. The Bertz CT molecular complexity index is 1870. The molecule has 2 aromatic heterocycles. The van der Waals surface area contributed by atoms with E-state index in [0.717, 1.165) is 71.2 Å². The number of hydrogen-bond acceptors (Lipinski definition) is 7. The van der Waals surface area contributed by atoms with Crippen molar-refractivity contribution in [3.8, 4) is 0 Å². The van der Waals surface area contributed by atoms with E-state index in [1.165, 1.54) is 5.56 Å². The molecule has 2 unspecified atom stereocenters. The molecule has 2 aromatic carbocycles. The minimum Gasteiger partial charge on any atom is -0.398 e. The Morgan fingerprint density at radius 3 is 2.61 bits per heavy atom. The van der Waals surface area contributed by atoms with Crippen LogP contribution in [0.1, 0.15) is 67.5 Å². The predicted molar refractivity (Wildman–Crippen MR) is 180 cm³/mol. The number of benzene rings is 2. The van der Waals surface area contributed by atoms with Crippen LogP contribution in [0.15, 0.2) is 60.8 Å². The van der Waals surface area contributed by atoms with Gasteiger partial charge in [0.15, 0.2) is 0 Å². The summed E-state index contributed by atoms with van der Waals surface area (Å²) in [5.74, 6) is 0.758. The van der Waals surface area contributed by atoms with Crippen molar-refractivity contribution in [3.63, 3.8) is 0 Å². The number of aromatic nitrogens is 2. The molecule has 0 bridgehead atoms. The highest BCUT2D eigenvalue weighted by atomic mass is 16.2. The molecule has 9 nitrogen and oxygen atoms in total. The molecule has 46 heavy (non-hydrogen) atoms. The van der Waals surface area contributed by atoms with Crippen LogP contribution < -0.4 is 16.0 Å². The summed E-state index contributed by atoms with van der Waals surface area (Å²) >= 11 is 0. The van der Waals surface area contributed by atoms with Crippen molar-refractivity contribution in [1.29, 1.82) is 0 Å². The van der Waals surface area contributed by atoms with Crippen molar-refractivity contribution in [1.82, 2.24) is 14.9 Å². The van der Waals surface area contributed by atoms with E-state index in [1.54, 1.807) is 6.20 Å². The highest BCUT2D eigenvalue weighted by molar-refractivity contribution is 6.06. The lowest BCUT2D eigenvalue weighted by molar-refractivity contribution is -0.131. The van der Waals surface area contributed by atoms with E-state index in [9.17, 15) is 14.4 Å². The number of anilines is 3. The third-order valence-electron chi connectivity index (χ3n) is 10.3. The molecular weight excluding hydrogens is 576 g/mol. The molecule has 5 heterocycles. The number of rotatable bonds is 6. The number of likely N-dealkylation sites (tertiary alicyclic amines) is 1. The van der Waals surface area contributed by atoms with Crippen LogP contribution in [0.5, 0.6) is 0 Å². The Labute approximate surface area is 269 Å². The van der Waals surface area contributed by atoms with Gasteiger partial charge in [-0.2, -0.15) is 0 Å². The lowest BCUT2D eigenvalue weighted by atomic mass is 9.75. The summed E-state index contributed by atoms with van der Waals surface area (Å²) < 4.78 is 0. The number of carbonyl (C=O) groups is 3. The molecule has 4 aliphatic rings. The van der Waals surface area contributed by atoms with Gasteiger partial charge in [-0.1, -0.05) is 32.0 Å². The number of pyridine rings is 2. The summed E-state index contributed by atoms with van der Waals surface area (Å²) in [6, 6.07) is 18.2. The first-order chi connectivity index (χ1) is 22.4. The first-order valence-electron chi connectivity index (χ1n) is 16.4. The number of amides is 2. The number of nitrogens with two attached hydrogens (primary N) is 1. The normalized spacial score (nSPS) is 22.3. The summed E-state index contributed by atoms with van der Waals surface area (Å²) in [6.07, 6.45) is 6.43. The molecule has 1 aliphatic carbocycles. The van der Waals surface area contributed by atoms with Crippen LogP contribution in [0.25, 0.3) is 10.9 Å². The van der Waals surface area contributed by atoms with Crippen LogP contribution in [-0.4, -0.2) is 52.6 Å². The molecule has 2 amide bonds. The molecule has 3 N–H and O–H groups in total. The zero-order valence-corrected chi connectivity index (χ0v) is 26.5. The fourth-order valence-corrected chi connectivity index (χ4v) is 8.20. The number of hydrogen-bond donors (Lipinski definition) is 2. The Kier molecular flexibility index (Phi) is 7.50. The highest BCUT2D eigenvalue weighted by Gasteiger charge is 2.51. The number of carbonyl (C=O) groups excluding carboxylic acids is 3. The summed E-state index contributed by atoms with van der Waals surface area (Å²) in [6.45, 7) is 6.59. The van der Waals surface area contributed by atoms with Gasteiger partial charge in [-0.25, -0.2) is 4.98 Å². The van der Waals surface area contributed by atoms with Crippen molar-refractivity contribution in [2.45, 2.75) is 69.7 Å². The smallest absolute Gasteiger partial charge is 0.237 e. The van der Waals surface area contributed by atoms with E-state index in [2.05, 4.69) is 33.4 Å². The molecule has 8 rings (SSSR count). The molecular formula is C37H40N6O3. The zero-order chi connectivity index (χ0) is 32.1. The van der Waals surface area contributed by atoms with Gasteiger partial charge in [-0.3, -0.25) is 14.6 Å². The van der Waals surface area contributed by atoms with Crippen LogP contribution >= 0.6 is 0 Å². The van der Waals surface area contributed by atoms with Gasteiger partial charge in [-0.05, 0) is 73.2 Å². The zero-order valence-electron chi connectivity index (χ0n) is 26.5. The van der Waals surface area contributed by atoms with E-state index < -0.39 is 10.8 Å². The third-order valence-corrected chi connectivity index (χ3v) is 10.3. The Morgan fingerprint density at radius 2 is 1.83 bits per heavy atom. The van der Waals surface area contributed by atoms with Gasteiger partial charge in [0.25, 0.3) is 0 Å². The lowest BCUT2D eigenvalue weighted by Gasteiger charge is -2.31. The van der Waals surface area contributed by atoms with Gasteiger partial charge in [0.1, 0.15) is 12.1 Å². The summed E-state index contributed by atoms with van der Waals surface area (Å²) in [4.78, 5) is 52.3. The van der Waals surface area contributed by atoms with Gasteiger partial charge in [0.2, 0.25) is 11.8 Å². The van der Waals surface area contributed by atoms with Gasteiger partial charge in [0, 0.05) is 72.0 Å². The molecule has 1 fully saturated rings. The first kappa shape index (κ1) is 29.9. The second-order valence-electron chi connectivity index (χ2n) is 12.9.